The van der Waals surface area contributed by atoms with Crippen molar-refractivity contribution >= 4 is 11.6 Å². The van der Waals surface area contributed by atoms with Gasteiger partial charge in [0.05, 0.1) is 0 Å². The molecule has 1 amide bonds. The standard InChI is InChI=1S/C17H19NO2/c1-12-9-10-13(2)16(11-12)18-17(19)14(3)20-15-7-5-4-6-8-15/h4-11,14H,1-3H3,(H,18,19)/t14-/m1/s1. The summed E-state index contributed by atoms with van der Waals surface area (Å²) in [6.07, 6.45) is -0.544. The topological polar surface area (TPSA) is 38.3 Å². The monoisotopic (exact) mass is 269 g/mol. The van der Waals surface area contributed by atoms with Gasteiger partial charge in [-0.25, -0.2) is 0 Å². The van der Waals surface area contributed by atoms with E-state index < -0.39 is 6.10 Å². The van der Waals surface area contributed by atoms with Crippen molar-refractivity contribution in [2.24, 2.45) is 0 Å². The molecule has 0 fully saturated rings. The molecule has 0 aliphatic rings. The molecule has 0 saturated carbocycles. The van der Waals surface area contributed by atoms with Crippen molar-refractivity contribution in [3.8, 4) is 5.75 Å². The molecule has 3 heteroatoms. The Bertz CT molecular complexity index is 593. The van der Waals surface area contributed by atoms with E-state index in [9.17, 15) is 4.79 Å². The highest BCUT2D eigenvalue weighted by Crippen LogP contribution is 2.17. The van der Waals surface area contributed by atoms with Crippen LogP contribution < -0.4 is 10.1 Å². The first-order chi connectivity index (χ1) is 9.56. The zero-order chi connectivity index (χ0) is 14.5. The van der Waals surface area contributed by atoms with E-state index in [0.717, 1.165) is 16.8 Å². The van der Waals surface area contributed by atoms with Gasteiger partial charge in [-0.3, -0.25) is 4.79 Å². The highest BCUT2D eigenvalue weighted by molar-refractivity contribution is 5.94. The van der Waals surface area contributed by atoms with Crippen molar-refractivity contribution in [2.75, 3.05) is 5.32 Å². The van der Waals surface area contributed by atoms with E-state index >= 15 is 0 Å². The minimum atomic E-state index is -0.544. The summed E-state index contributed by atoms with van der Waals surface area (Å²) in [5, 5.41) is 2.91. The average molecular weight is 269 g/mol. The fourth-order valence-corrected chi connectivity index (χ4v) is 1.86. The van der Waals surface area contributed by atoms with Crippen LogP contribution in [0.15, 0.2) is 48.5 Å². The lowest BCUT2D eigenvalue weighted by Crippen LogP contribution is -2.30. The number of anilines is 1. The molecule has 1 N–H and O–H groups in total. The number of benzene rings is 2. The second kappa shape index (κ2) is 6.24. The Labute approximate surface area is 119 Å². The molecule has 104 valence electrons. The van der Waals surface area contributed by atoms with E-state index in [-0.39, 0.29) is 5.91 Å². The Morgan fingerprint density at radius 1 is 1.10 bits per heavy atom. The summed E-state index contributed by atoms with van der Waals surface area (Å²) in [6.45, 7) is 5.71. The summed E-state index contributed by atoms with van der Waals surface area (Å²) in [4.78, 5) is 12.1. The molecule has 1 atom stereocenters. The fraction of sp³-hybridized carbons (Fsp3) is 0.235. The van der Waals surface area contributed by atoms with Crippen LogP contribution in [0, 0.1) is 13.8 Å². The number of rotatable bonds is 4. The van der Waals surface area contributed by atoms with Crippen LogP contribution in [0.2, 0.25) is 0 Å². The molecule has 0 unspecified atom stereocenters. The van der Waals surface area contributed by atoms with Crippen molar-refractivity contribution in [2.45, 2.75) is 26.9 Å². The molecule has 0 heterocycles. The van der Waals surface area contributed by atoms with Gasteiger partial charge >= 0.3 is 0 Å². The molecule has 0 saturated heterocycles. The van der Waals surface area contributed by atoms with Gasteiger partial charge in [-0.2, -0.15) is 0 Å². The Balaban J connectivity index is 2.02. The summed E-state index contributed by atoms with van der Waals surface area (Å²) in [6, 6.07) is 15.3. The normalized spacial score (nSPS) is 11.8. The molecule has 20 heavy (non-hydrogen) atoms. The number of para-hydroxylation sites is 1. The average Bonchev–Trinajstić information content (AvgIpc) is 2.44. The lowest BCUT2D eigenvalue weighted by atomic mass is 10.1. The number of nitrogens with one attached hydrogen (secondary N) is 1. The van der Waals surface area contributed by atoms with Crippen LogP contribution >= 0.6 is 0 Å². The molecule has 0 aromatic heterocycles. The van der Waals surface area contributed by atoms with Gasteiger partial charge < -0.3 is 10.1 Å². The molecule has 0 spiro atoms. The third-order valence-corrected chi connectivity index (χ3v) is 3.08. The predicted octanol–water partition coefficient (Wildman–Crippen LogP) is 3.71. The number of hydrogen-bond acceptors (Lipinski definition) is 2. The molecule has 0 aliphatic carbocycles. The molecular formula is C17H19NO2. The van der Waals surface area contributed by atoms with Gasteiger partial charge in [-0.1, -0.05) is 30.3 Å². The first-order valence-electron chi connectivity index (χ1n) is 6.66. The van der Waals surface area contributed by atoms with Crippen molar-refractivity contribution in [1.29, 1.82) is 0 Å². The Morgan fingerprint density at radius 3 is 2.50 bits per heavy atom. The van der Waals surface area contributed by atoms with Crippen LogP contribution in [0.25, 0.3) is 0 Å². The molecular weight excluding hydrogens is 250 g/mol. The van der Waals surface area contributed by atoms with E-state index in [1.165, 1.54) is 0 Å². The van der Waals surface area contributed by atoms with Crippen molar-refractivity contribution in [3.63, 3.8) is 0 Å². The highest BCUT2D eigenvalue weighted by atomic mass is 16.5. The van der Waals surface area contributed by atoms with Gasteiger partial charge in [0.2, 0.25) is 0 Å². The molecule has 2 aromatic carbocycles. The van der Waals surface area contributed by atoms with Gasteiger partial charge in [0.25, 0.3) is 5.91 Å². The van der Waals surface area contributed by atoms with Crippen LogP contribution in [0.5, 0.6) is 5.75 Å². The largest absolute Gasteiger partial charge is 0.481 e. The summed E-state index contributed by atoms with van der Waals surface area (Å²) < 4.78 is 5.61. The van der Waals surface area contributed by atoms with Crippen LogP contribution in [0.4, 0.5) is 5.69 Å². The zero-order valence-electron chi connectivity index (χ0n) is 12.0. The first kappa shape index (κ1) is 14.1. The summed E-state index contributed by atoms with van der Waals surface area (Å²) in [5.74, 6) is 0.540. The van der Waals surface area contributed by atoms with E-state index in [2.05, 4.69) is 5.32 Å². The van der Waals surface area contributed by atoms with Crippen LogP contribution in [-0.2, 0) is 4.79 Å². The predicted molar refractivity (Wildman–Crippen MR) is 81.1 cm³/mol. The Morgan fingerprint density at radius 2 is 1.80 bits per heavy atom. The minimum Gasteiger partial charge on any atom is -0.481 e. The summed E-state index contributed by atoms with van der Waals surface area (Å²) in [5.41, 5.74) is 2.98. The molecule has 0 bridgehead atoms. The fourth-order valence-electron chi connectivity index (χ4n) is 1.86. The highest BCUT2D eigenvalue weighted by Gasteiger charge is 2.15. The molecule has 3 nitrogen and oxygen atoms in total. The second-order valence-electron chi connectivity index (χ2n) is 4.88. The van der Waals surface area contributed by atoms with Crippen LogP contribution in [0.3, 0.4) is 0 Å². The number of ether oxygens (including phenoxy) is 1. The Hall–Kier alpha value is -2.29. The van der Waals surface area contributed by atoms with Gasteiger partial charge in [-0.05, 0) is 50.1 Å². The van der Waals surface area contributed by atoms with Crippen LogP contribution in [0.1, 0.15) is 18.1 Å². The number of carbonyl (C=O) groups excluding carboxylic acids is 1. The molecule has 0 radical (unpaired) electrons. The smallest absolute Gasteiger partial charge is 0.265 e. The second-order valence-corrected chi connectivity index (χ2v) is 4.88. The molecule has 2 aromatic rings. The van der Waals surface area contributed by atoms with Crippen molar-refractivity contribution in [3.05, 3.63) is 59.7 Å². The quantitative estimate of drug-likeness (QED) is 0.919. The van der Waals surface area contributed by atoms with Crippen molar-refractivity contribution in [1.82, 2.24) is 0 Å². The first-order valence-corrected chi connectivity index (χ1v) is 6.66. The maximum absolute atomic E-state index is 12.1. The van der Waals surface area contributed by atoms with E-state index in [0.29, 0.717) is 5.75 Å². The van der Waals surface area contributed by atoms with Gasteiger partial charge in [0.15, 0.2) is 6.10 Å². The summed E-state index contributed by atoms with van der Waals surface area (Å²) in [7, 11) is 0. The van der Waals surface area contributed by atoms with E-state index in [1.54, 1.807) is 6.92 Å². The van der Waals surface area contributed by atoms with Gasteiger partial charge in [0.1, 0.15) is 5.75 Å². The van der Waals surface area contributed by atoms with Gasteiger partial charge in [0, 0.05) is 5.69 Å². The number of carbonyl (C=O) groups is 1. The lowest BCUT2D eigenvalue weighted by Gasteiger charge is -2.16. The third kappa shape index (κ3) is 3.60. The zero-order valence-corrected chi connectivity index (χ0v) is 12.0. The van der Waals surface area contributed by atoms with Gasteiger partial charge in [-0.15, -0.1) is 0 Å². The van der Waals surface area contributed by atoms with Crippen LogP contribution in [-0.4, -0.2) is 12.0 Å². The van der Waals surface area contributed by atoms with Crippen molar-refractivity contribution < 1.29 is 9.53 Å². The molecule has 2 rings (SSSR count). The maximum Gasteiger partial charge on any atom is 0.265 e. The van der Waals surface area contributed by atoms with E-state index in [4.69, 9.17) is 4.74 Å². The summed E-state index contributed by atoms with van der Waals surface area (Å²) >= 11 is 0. The Kier molecular flexibility index (Phi) is 4.41. The number of hydrogen-bond donors (Lipinski definition) is 1. The minimum absolute atomic E-state index is 0.150. The number of amides is 1. The third-order valence-electron chi connectivity index (χ3n) is 3.08. The lowest BCUT2D eigenvalue weighted by molar-refractivity contribution is -0.122. The number of aryl methyl sites for hydroxylation is 2. The van der Waals surface area contributed by atoms with E-state index in [1.807, 2.05) is 62.4 Å². The maximum atomic E-state index is 12.1. The molecule has 0 aliphatic heterocycles. The SMILES string of the molecule is Cc1ccc(C)c(NC(=O)[C@@H](C)Oc2ccccc2)c1.